The third kappa shape index (κ3) is 3.72. The number of aromatic amines is 1. The molecule has 3 rings (SSSR count). The number of hydrogen-bond acceptors (Lipinski definition) is 6. The van der Waals surface area contributed by atoms with E-state index in [1.165, 1.54) is 12.5 Å². The van der Waals surface area contributed by atoms with Crippen LogP contribution in [0.5, 0.6) is 0 Å². The minimum Gasteiger partial charge on any atom is -0.378 e. The van der Waals surface area contributed by atoms with Crippen LogP contribution < -0.4 is 0 Å². The Balaban J connectivity index is 1.87. The zero-order chi connectivity index (χ0) is 16.4. The van der Waals surface area contributed by atoms with Crippen LogP contribution in [0.4, 0.5) is 0 Å². The molecular formula is C14H17ClN4O3S. The number of pyridine rings is 1. The molecule has 23 heavy (non-hydrogen) atoms. The molecule has 0 aromatic carbocycles. The molecule has 2 aromatic heterocycles. The standard InChI is InChI=1S/C14H17ClN4O3S/c1-23(20,21)13-7-17-18-14(13)12-9-22-5-4-19(12)8-11-3-2-10(15)6-16-11/h2-3,6-7,12H,4-5,8-9H2,1H3,(H,17,18). The summed E-state index contributed by atoms with van der Waals surface area (Å²) in [4.78, 5) is 6.64. The lowest BCUT2D eigenvalue weighted by Crippen LogP contribution is -2.39. The van der Waals surface area contributed by atoms with Crippen LogP contribution >= 0.6 is 11.6 Å². The van der Waals surface area contributed by atoms with Crippen molar-refractivity contribution in [3.63, 3.8) is 0 Å². The van der Waals surface area contributed by atoms with Crippen LogP contribution in [0.25, 0.3) is 0 Å². The summed E-state index contributed by atoms with van der Waals surface area (Å²) >= 11 is 5.86. The number of H-pyrrole nitrogens is 1. The first-order chi connectivity index (χ1) is 10.9. The first kappa shape index (κ1) is 16.4. The van der Waals surface area contributed by atoms with E-state index in [2.05, 4.69) is 20.1 Å². The molecule has 0 saturated carbocycles. The van der Waals surface area contributed by atoms with E-state index >= 15 is 0 Å². The quantitative estimate of drug-likeness (QED) is 0.891. The highest BCUT2D eigenvalue weighted by Gasteiger charge is 2.30. The molecule has 0 bridgehead atoms. The van der Waals surface area contributed by atoms with Crippen molar-refractivity contribution in [1.29, 1.82) is 0 Å². The molecule has 1 saturated heterocycles. The number of aromatic nitrogens is 3. The van der Waals surface area contributed by atoms with Gasteiger partial charge in [-0.1, -0.05) is 11.6 Å². The van der Waals surface area contributed by atoms with E-state index in [1.54, 1.807) is 12.3 Å². The Morgan fingerprint density at radius 2 is 2.26 bits per heavy atom. The van der Waals surface area contributed by atoms with Gasteiger partial charge >= 0.3 is 0 Å². The van der Waals surface area contributed by atoms with Crippen molar-refractivity contribution in [2.45, 2.75) is 17.5 Å². The minimum atomic E-state index is -3.35. The molecule has 9 heteroatoms. The Bertz CT molecular complexity index is 776. The summed E-state index contributed by atoms with van der Waals surface area (Å²) in [6.45, 7) is 2.25. The van der Waals surface area contributed by atoms with Crippen molar-refractivity contribution < 1.29 is 13.2 Å². The maximum Gasteiger partial charge on any atom is 0.178 e. The zero-order valence-electron chi connectivity index (χ0n) is 12.6. The Kier molecular flexibility index (Phi) is 4.67. The van der Waals surface area contributed by atoms with Gasteiger partial charge in [0.25, 0.3) is 0 Å². The van der Waals surface area contributed by atoms with Crippen LogP contribution in [0.15, 0.2) is 29.4 Å². The summed E-state index contributed by atoms with van der Waals surface area (Å²) in [6, 6.07) is 3.44. The fourth-order valence-electron chi connectivity index (χ4n) is 2.62. The monoisotopic (exact) mass is 356 g/mol. The summed E-state index contributed by atoms with van der Waals surface area (Å²) in [7, 11) is -3.35. The Labute approximate surface area is 139 Å². The minimum absolute atomic E-state index is 0.210. The molecule has 3 heterocycles. The maximum absolute atomic E-state index is 11.9. The van der Waals surface area contributed by atoms with Gasteiger partial charge in [0.2, 0.25) is 0 Å². The van der Waals surface area contributed by atoms with E-state index < -0.39 is 9.84 Å². The number of nitrogens with one attached hydrogen (secondary N) is 1. The molecule has 1 atom stereocenters. The lowest BCUT2D eigenvalue weighted by molar-refractivity contribution is -0.0157. The van der Waals surface area contributed by atoms with E-state index in [1.807, 2.05) is 6.07 Å². The van der Waals surface area contributed by atoms with E-state index in [-0.39, 0.29) is 10.9 Å². The van der Waals surface area contributed by atoms with Gasteiger partial charge in [0, 0.05) is 25.5 Å². The second-order valence-corrected chi connectivity index (χ2v) is 7.87. The second-order valence-electron chi connectivity index (χ2n) is 5.45. The molecule has 7 nitrogen and oxygen atoms in total. The lowest BCUT2D eigenvalue weighted by Gasteiger charge is -2.35. The average Bonchev–Trinajstić information content (AvgIpc) is 3.00. The van der Waals surface area contributed by atoms with Crippen molar-refractivity contribution in [3.05, 3.63) is 40.9 Å². The highest BCUT2D eigenvalue weighted by molar-refractivity contribution is 7.90. The van der Waals surface area contributed by atoms with Gasteiger partial charge in [-0.05, 0) is 12.1 Å². The van der Waals surface area contributed by atoms with Crippen molar-refractivity contribution in [2.75, 3.05) is 26.0 Å². The first-order valence-electron chi connectivity index (χ1n) is 7.10. The Morgan fingerprint density at radius 3 is 2.96 bits per heavy atom. The van der Waals surface area contributed by atoms with Gasteiger partial charge in [0.05, 0.1) is 41.9 Å². The van der Waals surface area contributed by atoms with Crippen molar-refractivity contribution >= 4 is 21.4 Å². The van der Waals surface area contributed by atoms with Gasteiger partial charge in [-0.15, -0.1) is 0 Å². The maximum atomic E-state index is 11.9. The summed E-state index contributed by atoms with van der Waals surface area (Å²) in [6.07, 6.45) is 4.12. The highest BCUT2D eigenvalue weighted by Crippen LogP contribution is 2.28. The number of morpholine rings is 1. The smallest absolute Gasteiger partial charge is 0.178 e. The number of sulfone groups is 1. The molecule has 0 amide bonds. The largest absolute Gasteiger partial charge is 0.378 e. The lowest BCUT2D eigenvalue weighted by atomic mass is 10.1. The summed E-state index contributed by atoms with van der Waals surface area (Å²) in [5, 5.41) is 7.30. The van der Waals surface area contributed by atoms with E-state index in [4.69, 9.17) is 16.3 Å². The molecule has 124 valence electrons. The van der Waals surface area contributed by atoms with Gasteiger partial charge in [-0.2, -0.15) is 5.10 Å². The van der Waals surface area contributed by atoms with Gasteiger partial charge in [-0.3, -0.25) is 15.0 Å². The molecule has 1 fully saturated rings. The van der Waals surface area contributed by atoms with E-state index in [9.17, 15) is 8.42 Å². The zero-order valence-corrected chi connectivity index (χ0v) is 14.1. The van der Waals surface area contributed by atoms with Crippen LogP contribution in [0, 0.1) is 0 Å². The molecule has 1 aliphatic heterocycles. The van der Waals surface area contributed by atoms with Crippen LogP contribution in [-0.4, -0.2) is 54.5 Å². The first-order valence-corrected chi connectivity index (χ1v) is 9.37. The molecule has 0 aliphatic carbocycles. The van der Waals surface area contributed by atoms with Gasteiger partial charge in [-0.25, -0.2) is 8.42 Å². The third-order valence-electron chi connectivity index (χ3n) is 3.76. The Morgan fingerprint density at radius 1 is 1.43 bits per heavy atom. The molecule has 1 unspecified atom stereocenters. The molecule has 0 spiro atoms. The van der Waals surface area contributed by atoms with Crippen molar-refractivity contribution in [1.82, 2.24) is 20.1 Å². The van der Waals surface area contributed by atoms with Gasteiger partial charge < -0.3 is 4.74 Å². The Hall–Kier alpha value is -1.48. The summed E-state index contributed by atoms with van der Waals surface area (Å²) in [5.41, 5.74) is 1.42. The SMILES string of the molecule is CS(=O)(=O)c1cn[nH]c1C1COCCN1Cc1ccc(Cl)cn1. The highest BCUT2D eigenvalue weighted by atomic mass is 35.5. The molecule has 0 radical (unpaired) electrons. The normalized spacial score (nSPS) is 19.8. The molecule has 1 aliphatic rings. The summed E-state index contributed by atoms with van der Waals surface area (Å²) < 4.78 is 29.4. The van der Waals surface area contributed by atoms with Crippen LogP contribution in [0.2, 0.25) is 5.02 Å². The number of ether oxygens (including phenoxy) is 1. The average molecular weight is 357 g/mol. The number of hydrogen-bond donors (Lipinski definition) is 1. The van der Waals surface area contributed by atoms with E-state index in [0.717, 1.165) is 5.69 Å². The third-order valence-corrected chi connectivity index (χ3v) is 5.11. The van der Waals surface area contributed by atoms with E-state index in [0.29, 0.717) is 37.0 Å². The molecular weight excluding hydrogens is 340 g/mol. The van der Waals surface area contributed by atoms with Crippen molar-refractivity contribution in [2.24, 2.45) is 0 Å². The fourth-order valence-corrected chi connectivity index (χ4v) is 3.56. The van der Waals surface area contributed by atoms with Crippen LogP contribution in [0.3, 0.4) is 0 Å². The number of nitrogens with zero attached hydrogens (tertiary/aromatic N) is 3. The predicted molar refractivity (Wildman–Crippen MR) is 84.9 cm³/mol. The van der Waals surface area contributed by atoms with Crippen LogP contribution in [0.1, 0.15) is 17.4 Å². The second kappa shape index (κ2) is 6.56. The number of halogens is 1. The van der Waals surface area contributed by atoms with Gasteiger partial charge in [0.15, 0.2) is 9.84 Å². The van der Waals surface area contributed by atoms with Crippen LogP contribution in [-0.2, 0) is 21.1 Å². The molecule has 1 N–H and O–H groups in total. The van der Waals surface area contributed by atoms with Crippen molar-refractivity contribution in [3.8, 4) is 0 Å². The molecule has 2 aromatic rings. The van der Waals surface area contributed by atoms with Gasteiger partial charge in [0.1, 0.15) is 4.90 Å². The predicted octanol–water partition coefficient (Wildman–Crippen LogP) is 1.44. The fraction of sp³-hybridized carbons (Fsp3) is 0.429. The number of rotatable bonds is 4. The topological polar surface area (TPSA) is 88.2 Å². The summed E-state index contributed by atoms with van der Waals surface area (Å²) in [5.74, 6) is 0.